The normalized spacial score (nSPS) is 16.2. The van der Waals surface area contributed by atoms with Crippen molar-refractivity contribution in [1.82, 2.24) is 0 Å². The van der Waals surface area contributed by atoms with E-state index in [-0.39, 0.29) is 6.08 Å². The summed E-state index contributed by atoms with van der Waals surface area (Å²) in [5.41, 5.74) is -17.9. The Balaban J connectivity index is 7.79. The molecule has 0 bridgehead atoms. The third-order valence-corrected chi connectivity index (χ3v) is 13.1. The van der Waals surface area contributed by atoms with E-state index in [9.17, 15) is 79.0 Å². The minimum atomic E-state index is -8.88. The molecule has 0 heterocycles. The van der Waals surface area contributed by atoms with Gasteiger partial charge >= 0.3 is 200 Å². The predicted molar refractivity (Wildman–Crippen MR) is 85.6 cm³/mol. The van der Waals surface area contributed by atoms with Crippen molar-refractivity contribution in [3.05, 3.63) is 12.7 Å². The van der Waals surface area contributed by atoms with Gasteiger partial charge in [-0.3, -0.25) is 0 Å². The van der Waals surface area contributed by atoms with E-state index >= 15 is 0 Å². The maximum absolute atomic E-state index is 13.3. The average molecular weight is 703 g/mol. The van der Waals surface area contributed by atoms with Crippen LogP contribution in [0.15, 0.2) is 12.7 Å². The summed E-state index contributed by atoms with van der Waals surface area (Å²) in [6.45, 7) is -0.783. The average Bonchev–Trinajstić information content (AvgIpc) is 2.55. The van der Waals surface area contributed by atoms with Crippen LogP contribution in [0.2, 0.25) is 4.44 Å². The Kier molecular flexibility index (Phi) is 9.74. The van der Waals surface area contributed by atoms with Crippen molar-refractivity contribution in [3.63, 3.8) is 0 Å². The van der Waals surface area contributed by atoms with Gasteiger partial charge < -0.3 is 0 Å². The molecule has 0 aliphatic carbocycles. The Bertz CT molecular complexity index is 660. The first-order valence-corrected chi connectivity index (χ1v) is 14.3. The Morgan fingerprint density at radius 1 is 0.459 bits per heavy atom. The third kappa shape index (κ3) is 6.84. The molecular weight excluding hydrogens is 689 g/mol. The molecule has 0 aliphatic heterocycles. The monoisotopic (exact) mass is 704 g/mol. The summed E-state index contributed by atoms with van der Waals surface area (Å²) >= 11 is -8.88. The van der Waals surface area contributed by atoms with Gasteiger partial charge in [-0.05, 0) is 0 Å². The van der Waals surface area contributed by atoms with Crippen molar-refractivity contribution in [3.8, 4) is 0 Å². The van der Waals surface area contributed by atoms with E-state index < -0.39 is 98.7 Å². The molecule has 0 unspecified atom stereocenters. The van der Waals surface area contributed by atoms with Crippen molar-refractivity contribution in [2.24, 2.45) is 0 Å². The molecular formula is C15H14F18O3Sn. The quantitative estimate of drug-likeness (QED) is 0.147. The Labute approximate surface area is 200 Å². The summed E-state index contributed by atoms with van der Waals surface area (Å²) in [5.74, 6) is 0. The molecule has 0 atom stereocenters. The number of halogens is 18. The molecule has 0 fully saturated rings. The Hall–Kier alpha value is -0.841. The van der Waals surface area contributed by atoms with E-state index in [1.54, 1.807) is 0 Å². The molecule has 0 spiro atoms. The summed E-state index contributed by atoms with van der Waals surface area (Å²) in [4.78, 5) is 0. The molecule has 3 nitrogen and oxygen atoms in total. The molecule has 0 amide bonds. The number of alkyl halides is 18. The van der Waals surface area contributed by atoms with E-state index in [4.69, 9.17) is 0 Å². The van der Waals surface area contributed by atoms with E-state index in [0.29, 0.717) is 0 Å². The second kappa shape index (κ2) is 9.97. The summed E-state index contributed by atoms with van der Waals surface area (Å²) in [7, 11) is 0. The Morgan fingerprint density at radius 3 is 0.730 bits per heavy atom. The van der Waals surface area contributed by atoms with Crippen LogP contribution >= 0.6 is 0 Å². The van der Waals surface area contributed by atoms with E-state index in [1.165, 1.54) is 0 Å². The minimum absolute atomic E-state index is 0.219. The Morgan fingerprint density at radius 2 is 0.622 bits per heavy atom. The zero-order chi connectivity index (χ0) is 30.5. The van der Waals surface area contributed by atoms with Gasteiger partial charge in [-0.25, -0.2) is 0 Å². The second-order valence-electron chi connectivity index (χ2n) is 7.57. The first-order chi connectivity index (χ1) is 15.7. The summed E-state index contributed by atoms with van der Waals surface area (Å²) in [6, 6.07) is 0. The van der Waals surface area contributed by atoms with Crippen molar-refractivity contribution >= 4 is 19.6 Å². The predicted octanol–water partition coefficient (Wildman–Crippen LogP) is 7.81. The first-order valence-electron chi connectivity index (χ1n) is 8.80. The number of rotatable bonds is 8. The van der Waals surface area contributed by atoms with Crippen LogP contribution in [0, 0.1) is 0 Å². The molecule has 0 rings (SSSR count). The van der Waals surface area contributed by atoms with Gasteiger partial charge in [0.25, 0.3) is 0 Å². The molecule has 222 valence electrons. The first kappa shape index (κ1) is 36.2. The molecule has 0 radical (unpaired) electrons. The van der Waals surface area contributed by atoms with Crippen molar-refractivity contribution in [1.29, 1.82) is 0 Å². The van der Waals surface area contributed by atoms with Crippen molar-refractivity contribution in [2.75, 3.05) is 0 Å². The second-order valence-corrected chi connectivity index (χ2v) is 14.4. The van der Waals surface area contributed by atoms with Gasteiger partial charge in [-0.1, -0.05) is 0 Å². The molecule has 0 aromatic heterocycles. The molecule has 0 saturated carbocycles. The van der Waals surface area contributed by atoms with E-state index in [1.807, 2.05) is 0 Å². The fraction of sp³-hybridized carbons (Fsp3) is 0.867. The van der Waals surface area contributed by atoms with Gasteiger partial charge in [0.1, 0.15) is 0 Å². The van der Waals surface area contributed by atoms with Crippen LogP contribution in [0.25, 0.3) is 0 Å². The van der Waals surface area contributed by atoms with Gasteiger partial charge in [0.2, 0.25) is 0 Å². The zero-order valence-electron chi connectivity index (χ0n) is 18.0. The fourth-order valence-corrected chi connectivity index (χ4v) is 11.5. The van der Waals surface area contributed by atoms with E-state index in [0.717, 1.165) is 0 Å². The third-order valence-electron chi connectivity index (χ3n) is 4.72. The molecule has 22 heteroatoms. The zero-order valence-corrected chi connectivity index (χ0v) is 20.9. The van der Waals surface area contributed by atoms with Gasteiger partial charge in [0.05, 0.1) is 0 Å². The van der Waals surface area contributed by atoms with Crippen LogP contribution in [0.3, 0.4) is 0 Å². The maximum atomic E-state index is 13.3. The molecule has 0 saturated heterocycles. The van der Waals surface area contributed by atoms with Crippen molar-refractivity contribution in [2.45, 2.75) is 79.1 Å². The van der Waals surface area contributed by atoms with Crippen LogP contribution in [0.1, 0.15) is 20.8 Å². The van der Waals surface area contributed by atoms with Crippen LogP contribution < -0.4 is 0 Å². The van der Waals surface area contributed by atoms with Gasteiger partial charge in [0, 0.05) is 0 Å². The summed E-state index contributed by atoms with van der Waals surface area (Å²) in [6.07, 6.45) is -41.6. The molecule has 0 aromatic carbocycles. The standard InChI is InChI=1S/3C4H3F6O.C3H5.Sn/c3*1-2(11,3(5,6)7)4(8,9)10;1-3-2;/h3*1H3;3H,1-2H2;/q3*-1;;+3. The number of hydrogen-bond acceptors (Lipinski definition) is 3. The summed E-state index contributed by atoms with van der Waals surface area (Å²) < 4.78 is 248. The van der Waals surface area contributed by atoms with Gasteiger partial charge in [-0.2, -0.15) is 0 Å². The SMILES string of the molecule is C=C[CH2][Sn]([O]C(C)(C(F)(F)F)C(F)(F)F)([O]C(C)(C(F)(F)F)C(F)(F)F)[O]C(C)(C(F)(F)F)C(F)(F)F. The van der Waals surface area contributed by atoms with Crippen molar-refractivity contribution < 1.29 is 88.2 Å². The number of hydrogen-bond donors (Lipinski definition) is 0. The molecule has 37 heavy (non-hydrogen) atoms. The van der Waals surface area contributed by atoms with Crippen LogP contribution in [0.5, 0.6) is 0 Å². The van der Waals surface area contributed by atoms with Crippen LogP contribution in [-0.4, -0.2) is 73.5 Å². The van der Waals surface area contributed by atoms with Crippen LogP contribution in [-0.2, 0) is 9.22 Å². The van der Waals surface area contributed by atoms with Gasteiger partial charge in [0.15, 0.2) is 0 Å². The fourth-order valence-electron chi connectivity index (χ4n) is 2.13. The molecule has 0 aromatic rings. The van der Waals surface area contributed by atoms with E-state index in [2.05, 4.69) is 15.8 Å². The topological polar surface area (TPSA) is 27.7 Å². The number of allylic oxidation sites excluding steroid dienone is 1. The van der Waals surface area contributed by atoms with Gasteiger partial charge in [-0.15, -0.1) is 0 Å². The molecule has 0 aliphatic rings. The summed E-state index contributed by atoms with van der Waals surface area (Å²) in [5, 5.41) is 0. The van der Waals surface area contributed by atoms with Crippen LogP contribution in [0.4, 0.5) is 79.0 Å². The molecule has 0 N–H and O–H groups in total.